The van der Waals surface area contributed by atoms with Gasteiger partial charge < -0.3 is 5.11 Å². The van der Waals surface area contributed by atoms with Crippen LogP contribution in [0.1, 0.15) is 33.9 Å². The Hall–Kier alpha value is -1.12. The van der Waals surface area contributed by atoms with Crippen LogP contribution < -0.4 is 0 Å². The summed E-state index contributed by atoms with van der Waals surface area (Å²) in [7, 11) is 0. The molecule has 1 nitrogen and oxygen atoms in total. The topological polar surface area (TPSA) is 20.2 Å². The molecule has 0 aliphatic heterocycles. The first-order chi connectivity index (χ1) is 8.97. The molecule has 1 atom stereocenters. The Morgan fingerprint density at radius 1 is 1.05 bits per heavy atom. The van der Waals surface area contributed by atoms with Crippen LogP contribution in [0.15, 0.2) is 40.9 Å². The van der Waals surface area contributed by atoms with E-state index in [0.29, 0.717) is 6.42 Å². The van der Waals surface area contributed by atoms with Gasteiger partial charge in [0, 0.05) is 10.9 Å². The van der Waals surface area contributed by atoms with Gasteiger partial charge in [0.2, 0.25) is 0 Å². The van der Waals surface area contributed by atoms with Crippen molar-refractivity contribution in [2.45, 2.75) is 33.3 Å². The average molecular weight is 319 g/mol. The first kappa shape index (κ1) is 14.3. The van der Waals surface area contributed by atoms with Crippen LogP contribution in [0.4, 0.5) is 0 Å². The quantitative estimate of drug-likeness (QED) is 0.873. The van der Waals surface area contributed by atoms with Crippen molar-refractivity contribution in [2.24, 2.45) is 0 Å². The SMILES string of the molecule is Cc1cccc(CC(O)c2cc(C)c(Br)cc2C)c1. The number of halogens is 1. The van der Waals surface area contributed by atoms with Crippen LogP contribution in [-0.2, 0) is 6.42 Å². The Balaban J connectivity index is 2.25. The highest BCUT2D eigenvalue weighted by molar-refractivity contribution is 9.10. The highest BCUT2D eigenvalue weighted by atomic mass is 79.9. The van der Waals surface area contributed by atoms with Crippen LogP contribution in [0.25, 0.3) is 0 Å². The second-order valence-corrected chi connectivity index (χ2v) is 6.02. The maximum Gasteiger partial charge on any atom is 0.0833 e. The van der Waals surface area contributed by atoms with Crippen molar-refractivity contribution in [3.63, 3.8) is 0 Å². The molecular formula is C17H19BrO. The van der Waals surface area contributed by atoms with E-state index in [4.69, 9.17) is 0 Å². The summed E-state index contributed by atoms with van der Waals surface area (Å²) in [6, 6.07) is 12.5. The molecule has 0 saturated carbocycles. The third-order valence-electron chi connectivity index (χ3n) is 3.42. The molecule has 0 amide bonds. The number of aliphatic hydroxyl groups excluding tert-OH is 1. The maximum absolute atomic E-state index is 10.4. The monoisotopic (exact) mass is 318 g/mol. The standard InChI is InChI=1S/C17H19BrO/c1-11-5-4-6-14(7-11)10-17(19)15-8-13(3)16(18)9-12(15)2/h4-9,17,19H,10H2,1-3H3. The zero-order valence-corrected chi connectivity index (χ0v) is 13.2. The first-order valence-corrected chi connectivity index (χ1v) is 7.27. The van der Waals surface area contributed by atoms with E-state index >= 15 is 0 Å². The lowest BCUT2D eigenvalue weighted by Crippen LogP contribution is -2.05. The van der Waals surface area contributed by atoms with E-state index in [-0.39, 0.29) is 0 Å². The fourth-order valence-corrected chi connectivity index (χ4v) is 2.79. The fourth-order valence-electron chi connectivity index (χ4n) is 2.33. The van der Waals surface area contributed by atoms with Gasteiger partial charge in [-0.2, -0.15) is 0 Å². The second kappa shape index (κ2) is 5.89. The summed E-state index contributed by atoms with van der Waals surface area (Å²) in [6.07, 6.45) is 0.206. The van der Waals surface area contributed by atoms with Crippen LogP contribution in [0.3, 0.4) is 0 Å². The fraction of sp³-hybridized carbons (Fsp3) is 0.294. The molecule has 1 unspecified atom stereocenters. The predicted molar refractivity (Wildman–Crippen MR) is 83.5 cm³/mol. The van der Waals surface area contributed by atoms with Gasteiger partial charge in [0.25, 0.3) is 0 Å². The summed E-state index contributed by atoms with van der Waals surface area (Å²) >= 11 is 3.52. The lowest BCUT2D eigenvalue weighted by Gasteiger charge is -2.16. The van der Waals surface area contributed by atoms with Gasteiger partial charge >= 0.3 is 0 Å². The summed E-state index contributed by atoms with van der Waals surface area (Å²) in [5.74, 6) is 0. The molecular weight excluding hydrogens is 300 g/mol. The molecule has 2 heteroatoms. The van der Waals surface area contributed by atoms with Crippen LogP contribution in [0.5, 0.6) is 0 Å². The number of hydrogen-bond donors (Lipinski definition) is 1. The summed E-state index contributed by atoms with van der Waals surface area (Å²) in [4.78, 5) is 0. The van der Waals surface area contributed by atoms with E-state index in [2.05, 4.69) is 53.2 Å². The summed E-state index contributed by atoms with van der Waals surface area (Å²) in [5, 5.41) is 10.4. The molecule has 2 rings (SSSR count). The predicted octanol–water partition coefficient (Wildman–Crippen LogP) is 4.65. The van der Waals surface area contributed by atoms with E-state index in [9.17, 15) is 5.11 Å². The minimum Gasteiger partial charge on any atom is -0.388 e. The third-order valence-corrected chi connectivity index (χ3v) is 4.27. The molecule has 2 aromatic rings. The molecule has 19 heavy (non-hydrogen) atoms. The van der Waals surface area contributed by atoms with Gasteiger partial charge in [0.15, 0.2) is 0 Å². The van der Waals surface area contributed by atoms with Crippen LogP contribution >= 0.6 is 15.9 Å². The lowest BCUT2D eigenvalue weighted by molar-refractivity contribution is 0.177. The van der Waals surface area contributed by atoms with Crippen LogP contribution in [0, 0.1) is 20.8 Å². The highest BCUT2D eigenvalue weighted by Gasteiger charge is 2.13. The number of aryl methyl sites for hydroxylation is 3. The second-order valence-electron chi connectivity index (χ2n) is 5.17. The van der Waals surface area contributed by atoms with Crippen molar-refractivity contribution in [1.82, 2.24) is 0 Å². The Morgan fingerprint density at radius 3 is 2.47 bits per heavy atom. The van der Waals surface area contributed by atoms with Gasteiger partial charge in [-0.05, 0) is 49.1 Å². The minimum atomic E-state index is -0.450. The van der Waals surface area contributed by atoms with Gasteiger partial charge in [-0.15, -0.1) is 0 Å². The zero-order chi connectivity index (χ0) is 14.0. The van der Waals surface area contributed by atoms with Crippen LogP contribution in [-0.4, -0.2) is 5.11 Å². The molecule has 1 N–H and O–H groups in total. The molecule has 0 aromatic heterocycles. The highest BCUT2D eigenvalue weighted by Crippen LogP contribution is 2.27. The normalized spacial score (nSPS) is 12.5. The average Bonchev–Trinajstić information content (AvgIpc) is 2.33. The Bertz CT molecular complexity index is 590. The molecule has 0 bridgehead atoms. The zero-order valence-electron chi connectivity index (χ0n) is 11.6. The molecule has 0 saturated heterocycles. The maximum atomic E-state index is 10.4. The van der Waals surface area contributed by atoms with Crippen molar-refractivity contribution >= 4 is 15.9 Å². The first-order valence-electron chi connectivity index (χ1n) is 6.47. The number of benzene rings is 2. The van der Waals surface area contributed by atoms with E-state index in [1.807, 2.05) is 19.9 Å². The molecule has 0 fully saturated rings. The van der Waals surface area contributed by atoms with Crippen molar-refractivity contribution in [2.75, 3.05) is 0 Å². The Labute approximate surface area is 123 Å². The number of aliphatic hydroxyl groups is 1. The molecule has 0 aliphatic rings. The van der Waals surface area contributed by atoms with Crippen molar-refractivity contribution < 1.29 is 5.11 Å². The van der Waals surface area contributed by atoms with Gasteiger partial charge in [-0.3, -0.25) is 0 Å². The summed E-state index contributed by atoms with van der Waals surface area (Å²) in [6.45, 7) is 6.16. The van der Waals surface area contributed by atoms with Crippen LogP contribution in [0.2, 0.25) is 0 Å². The third kappa shape index (κ3) is 3.46. The van der Waals surface area contributed by atoms with Crippen molar-refractivity contribution in [1.29, 1.82) is 0 Å². The minimum absolute atomic E-state index is 0.450. The number of rotatable bonds is 3. The summed E-state index contributed by atoms with van der Waals surface area (Å²) < 4.78 is 1.09. The van der Waals surface area contributed by atoms with E-state index in [0.717, 1.165) is 21.2 Å². The van der Waals surface area contributed by atoms with Gasteiger partial charge in [-0.1, -0.05) is 51.8 Å². The molecule has 0 heterocycles. The van der Waals surface area contributed by atoms with Crippen molar-refractivity contribution in [3.05, 3.63) is 68.7 Å². The number of hydrogen-bond acceptors (Lipinski definition) is 1. The Kier molecular flexibility index (Phi) is 4.43. The molecule has 0 radical (unpaired) electrons. The Morgan fingerprint density at radius 2 is 1.79 bits per heavy atom. The van der Waals surface area contributed by atoms with E-state index < -0.39 is 6.10 Å². The molecule has 100 valence electrons. The molecule has 2 aromatic carbocycles. The smallest absolute Gasteiger partial charge is 0.0833 e. The van der Waals surface area contributed by atoms with E-state index in [1.54, 1.807) is 0 Å². The molecule has 0 aliphatic carbocycles. The van der Waals surface area contributed by atoms with Crippen molar-refractivity contribution in [3.8, 4) is 0 Å². The summed E-state index contributed by atoms with van der Waals surface area (Å²) in [5.41, 5.74) is 5.70. The van der Waals surface area contributed by atoms with Gasteiger partial charge in [-0.25, -0.2) is 0 Å². The van der Waals surface area contributed by atoms with Gasteiger partial charge in [0.1, 0.15) is 0 Å². The lowest BCUT2D eigenvalue weighted by atomic mass is 9.95. The molecule has 0 spiro atoms. The van der Waals surface area contributed by atoms with Gasteiger partial charge in [0.05, 0.1) is 6.10 Å². The van der Waals surface area contributed by atoms with E-state index in [1.165, 1.54) is 11.1 Å². The largest absolute Gasteiger partial charge is 0.388 e.